The quantitative estimate of drug-likeness (QED) is 0.732. The molecule has 13 heavy (non-hydrogen) atoms. The Bertz CT molecular complexity index is 373. The number of thiophene rings is 2. The van der Waals surface area contributed by atoms with Crippen molar-refractivity contribution < 1.29 is 0 Å². The number of rotatable bonds is 2. The van der Waals surface area contributed by atoms with E-state index in [-0.39, 0.29) is 0 Å². The Balaban J connectivity index is 2.33. The Morgan fingerprint density at radius 2 is 1.92 bits per heavy atom. The van der Waals surface area contributed by atoms with Crippen LogP contribution in [-0.4, -0.2) is 14.3 Å². The fourth-order valence-electron chi connectivity index (χ4n) is 1.16. The summed E-state index contributed by atoms with van der Waals surface area (Å²) >= 11 is 2.98. The first-order valence-electron chi connectivity index (χ1n) is 4.21. The van der Waals surface area contributed by atoms with Crippen LogP contribution in [0.1, 0.15) is 0 Å². The van der Waals surface area contributed by atoms with Gasteiger partial charge in [-0.3, -0.25) is 0 Å². The molecule has 0 aliphatic heterocycles. The second-order valence-corrected chi connectivity index (χ2v) is 11.3. The summed E-state index contributed by atoms with van der Waals surface area (Å²) < 4.78 is 1.64. The summed E-state index contributed by atoms with van der Waals surface area (Å²) in [6, 6.07) is 8.90. The molecule has 2 rings (SSSR count). The van der Waals surface area contributed by atoms with Crippen molar-refractivity contribution in [2.45, 2.75) is 11.5 Å². The SMILES string of the molecule is [CH3][Ge]([CH3])[c]1ccc(-c2cccs2)s1. The zero-order chi connectivity index (χ0) is 9.26. The normalized spacial score (nSPS) is 11.0. The molecule has 2 aromatic rings. The Morgan fingerprint density at radius 3 is 2.46 bits per heavy atom. The van der Waals surface area contributed by atoms with Crippen LogP contribution in [0.25, 0.3) is 9.75 Å². The summed E-state index contributed by atoms with van der Waals surface area (Å²) in [6.45, 7) is 0. The molecule has 0 amide bonds. The molecular formula is C10H11GeS2. The predicted molar refractivity (Wildman–Crippen MR) is 64.7 cm³/mol. The molecule has 2 heterocycles. The van der Waals surface area contributed by atoms with Crippen molar-refractivity contribution in [3.63, 3.8) is 0 Å². The van der Waals surface area contributed by atoms with Gasteiger partial charge in [0.1, 0.15) is 0 Å². The van der Waals surface area contributed by atoms with E-state index in [4.69, 9.17) is 0 Å². The molecule has 0 unspecified atom stereocenters. The third-order valence-electron chi connectivity index (χ3n) is 1.86. The average Bonchev–Trinajstić information content (AvgIpc) is 2.75. The van der Waals surface area contributed by atoms with Crippen LogP contribution < -0.4 is 3.71 Å². The molecule has 0 saturated carbocycles. The van der Waals surface area contributed by atoms with Crippen molar-refractivity contribution in [3.05, 3.63) is 29.6 Å². The van der Waals surface area contributed by atoms with Gasteiger partial charge >= 0.3 is 91.6 Å². The molecule has 0 spiro atoms. The van der Waals surface area contributed by atoms with Crippen LogP contribution in [0.15, 0.2) is 29.6 Å². The van der Waals surface area contributed by atoms with Crippen molar-refractivity contribution >= 4 is 40.7 Å². The van der Waals surface area contributed by atoms with Crippen molar-refractivity contribution in [3.8, 4) is 9.75 Å². The van der Waals surface area contributed by atoms with E-state index >= 15 is 0 Å². The second kappa shape index (κ2) is 3.99. The summed E-state index contributed by atoms with van der Waals surface area (Å²) in [6.07, 6.45) is 0. The molecule has 0 N–H and O–H groups in total. The molecule has 67 valence electrons. The van der Waals surface area contributed by atoms with Crippen LogP contribution in [0.3, 0.4) is 0 Å². The fraction of sp³-hybridized carbons (Fsp3) is 0.200. The second-order valence-electron chi connectivity index (χ2n) is 3.14. The molecule has 0 aromatic carbocycles. The van der Waals surface area contributed by atoms with E-state index in [0.29, 0.717) is 0 Å². The van der Waals surface area contributed by atoms with E-state index in [2.05, 4.69) is 41.2 Å². The van der Waals surface area contributed by atoms with Gasteiger partial charge in [-0.05, 0) is 0 Å². The monoisotopic (exact) mass is 269 g/mol. The van der Waals surface area contributed by atoms with Gasteiger partial charge in [0.2, 0.25) is 0 Å². The Kier molecular flexibility index (Phi) is 2.91. The number of hydrogen-bond donors (Lipinski definition) is 0. The van der Waals surface area contributed by atoms with E-state index in [1.54, 1.807) is 3.71 Å². The molecule has 0 aliphatic rings. The van der Waals surface area contributed by atoms with Crippen LogP contribution in [0, 0.1) is 0 Å². The van der Waals surface area contributed by atoms with Gasteiger partial charge in [-0.2, -0.15) is 0 Å². The van der Waals surface area contributed by atoms with Gasteiger partial charge in [0, 0.05) is 0 Å². The van der Waals surface area contributed by atoms with Crippen LogP contribution in [0.2, 0.25) is 11.5 Å². The molecule has 1 radical (unpaired) electrons. The van der Waals surface area contributed by atoms with Gasteiger partial charge in [-0.25, -0.2) is 0 Å². The molecule has 0 saturated heterocycles. The Labute approximate surface area is 91.3 Å². The maximum absolute atomic E-state index is 2.41. The van der Waals surface area contributed by atoms with E-state index in [1.807, 2.05) is 22.7 Å². The van der Waals surface area contributed by atoms with E-state index in [1.165, 1.54) is 9.75 Å². The topological polar surface area (TPSA) is 0 Å². The molecule has 0 nitrogen and oxygen atoms in total. The van der Waals surface area contributed by atoms with Crippen LogP contribution in [-0.2, 0) is 0 Å². The Morgan fingerprint density at radius 1 is 1.08 bits per heavy atom. The van der Waals surface area contributed by atoms with Gasteiger partial charge in [0.15, 0.2) is 0 Å². The summed E-state index contributed by atoms with van der Waals surface area (Å²) in [5.74, 6) is 4.81. The van der Waals surface area contributed by atoms with Crippen LogP contribution >= 0.6 is 22.7 Å². The molecular weight excluding hydrogens is 257 g/mol. The van der Waals surface area contributed by atoms with E-state index in [0.717, 1.165) is 0 Å². The van der Waals surface area contributed by atoms with Crippen molar-refractivity contribution in [2.24, 2.45) is 0 Å². The molecule has 2 aromatic heterocycles. The summed E-state index contributed by atoms with van der Waals surface area (Å²) in [5.41, 5.74) is 0. The van der Waals surface area contributed by atoms with Gasteiger partial charge in [0.25, 0.3) is 0 Å². The zero-order valence-corrected chi connectivity index (χ0v) is 11.4. The molecule has 3 heteroatoms. The third-order valence-corrected chi connectivity index (χ3v) is 9.01. The minimum atomic E-state index is -0.837. The summed E-state index contributed by atoms with van der Waals surface area (Å²) in [4.78, 5) is 2.86. The van der Waals surface area contributed by atoms with Gasteiger partial charge < -0.3 is 0 Å². The van der Waals surface area contributed by atoms with Gasteiger partial charge in [-0.1, -0.05) is 0 Å². The van der Waals surface area contributed by atoms with Gasteiger partial charge in [-0.15, -0.1) is 0 Å². The first-order valence-corrected chi connectivity index (χ1v) is 11.2. The molecule has 0 atom stereocenters. The minimum absolute atomic E-state index is 0.837. The third kappa shape index (κ3) is 2.06. The number of hydrogen-bond acceptors (Lipinski definition) is 2. The van der Waals surface area contributed by atoms with Crippen molar-refractivity contribution in [1.29, 1.82) is 0 Å². The van der Waals surface area contributed by atoms with E-state index < -0.39 is 14.3 Å². The fourth-order valence-corrected chi connectivity index (χ4v) is 5.81. The average molecular weight is 268 g/mol. The first-order chi connectivity index (χ1) is 6.27. The molecule has 0 fully saturated rings. The standard InChI is InChI=1S/C10H11GeS2/c1-11(2)10-6-5-9(13-10)8-4-3-7-12-8/h3-7H,1-2H3. The zero-order valence-electron chi connectivity index (χ0n) is 7.70. The van der Waals surface area contributed by atoms with Crippen molar-refractivity contribution in [1.82, 2.24) is 0 Å². The Hall–Kier alpha value is -0.0571. The maximum atomic E-state index is 2.41. The molecule has 0 bridgehead atoms. The summed E-state index contributed by atoms with van der Waals surface area (Å²) in [5, 5.41) is 2.14. The predicted octanol–water partition coefficient (Wildman–Crippen LogP) is 3.44. The van der Waals surface area contributed by atoms with Crippen molar-refractivity contribution in [2.75, 3.05) is 0 Å². The van der Waals surface area contributed by atoms with Gasteiger partial charge in [0.05, 0.1) is 0 Å². The summed E-state index contributed by atoms with van der Waals surface area (Å²) in [7, 11) is 0. The molecule has 0 aliphatic carbocycles. The van der Waals surface area contributed by atoms with Crippen LogP contribution in [0.5, 0.6) is 0 Å². The first kappa shape index (κ1) is 9.50. The van der Waals surface area contributed by atoms with E-state index in [9.17, 15) is 0 Å². The van der Waals surface area contributed by atoms with Crippen LogP contribution in [0.4, 0.5) is 0 Å².